The van der Waals surface area contributed by atoms with Gasteiger partial charge < -0.3 is 4.52 Å². The molecule has 0 unspecified atom stereocenters. The molecular weight excluding hydrogens is 328 g/mol. The highest BCUT2D eigenvalue weighted by molar-refractivity contribution is 7.89. The minimum atomic E-state index is -3.23. The van der Waals surface area contributed by atoms with E-state index in [2.05, 4.69) is 14.9 Å². The highest BCUT2D eigenvalue weighted by Gasteiger charge is 2.36. The standard InChI is InChI=1S/C16H22N4O3S/c1-3-9-24(21,22)19-13-10-14(20(2)11-13)16-17-15(18-23-16)12-7-5-4-6-8-12/h4-8,13-14,19H,3,9-11H2,1-2H3/t13-,14+/m1/s1. The molecule has 2 heterocycles. The molecule has 8 heteroatoms. The van der Waals surface area contributed by atoms with Crippen LogP contribution in [0.25, 0.3) is 11.4 Å². The van der Waals surface area contributed by atoms with Crippen LogP contribution in [0.5, 0.6) is 0 Å². The van der Waals surface area contributed by atoms with Crippen molar-refractivity contribution >= 4 is 10.0 Å². The molecule has 1 fully saturated rings. The summed E-state index contributed by atoms with van der Waals surface area (Å²) in [6.45, 7) is 2.48. The molecule has 1 aliphatic rings. The number of rotatable bonds is 6. The van der Waals surface area contributed by atoms with Crippen molar-refractivity contribution in [3.8, 4) is 11.4 Å². The van der Waals surface area contributed by atoms with Crippen molar-refractivity contribution in [1.29, 1.82) is 0 Å². The Labute approximate surface area is 142 Å². The Hall–Kier alpha value is -1.77. The van der Waals surface area contributed by atoms with Gasteiger partial charge in [0.25, 0.3) is 0 Å². The highest BCUT2D eigenvalue weighted by Crippen LogP contribution is 2.31. The molecule has 0 radical (unpaired) electrons. The summed E-state index contributed by atoms with van der Waals surface area (Å²) in [5, 5.41) is 4.04. The molecule has 130 valence electrons. The lowest BCUT2D eigenvalue weighted by Gasteiger charge is -2.14. The average Bonchev–Trinajstić information content (AvgIpc) is 3.14. The van der Waals surface area contributed by atoms with Gasteiger partial charge in [0.1, 0.15) is 0 Å². The van der Waals surface area contributed by atoms with Crippen LogP contribution >= 0.6 is 0 Å². The van der Waals surface area contributed by atoms with Gasteiger partial charge >= 0.3 is 0 Å². The van der Waals surface area contributed by atoms with E-state index in [1.165, 1.54) is 0 Å². The Morgan fingerprint density at radius 2 is 2.08 bits per heavy atom. The van der Waals surface area contributed by atoms with Gasteiger partial charge in [0.2, 0.25) is 21.7 Å². The second-order valence-electron chi connectivity index (χ2n) is 6.15. The first kappa shape index (κ1) is 17.1. The summed E-state index contributed by atoms with van der Waals surface area (Å²) in [5.41, 5.74) is 0.897. The lowest BCUT2D eigenvalue weighted by molar-refractivity contribution is 0.244. The predicted molar refractivity (Wildman–Crippen MR) is 90.7 cm³/mol. The topological polar surface area (TPSA) is 88.3 Å². The van der Waals surface area contributed by atoms with E-state index in [1.807, 2.05) is 49.2 Å². The summed E-state index contributed by atoms with van der Waals surface area (Å²) >= 11 is 0. The number of likely N-dealkylation sites (tertiary alicyclic amines) is 1. The molecule has 1 saturated heterocycles. The SMILES string of the molecule is CCCS(=O)(=O)N[C@@H]1C[C@@H](c2nc(-c3ccccc3)no2)N(C)C1. The van der Waals surface area contributed by atoms with Crippen LogP contribution in [-0.4, -0.2) is 48.8 Å². The molecule has 2 atom stereocenters. The summed E-state index contributed by atoms with van der Waals surface area (Å²) in [6, 6.07) is 9.41. The molecule has 7 nitrogen and oxygen atoms in total. The van der Waals surface area contributed by atoms with E-state index in [0.717, 1.165) is 5.56 Å². The Bertz CT molecular complexity index is 776. The van der Waals surface area contributed by atoms with Crippen LogP contribution in [-0.2, 0) is 10.0 Å². The van der Waals surface area contributed by atoms with Gasteiger partial charge in [0.15, 0.2) is 0 Å². The van der Waals surface area contributed by atoms with Crippen LogP contribution in [0.2, 0.25) is 0 Å². The quantitative estimate of drug-likeness (QED) is 0.855. The third-order valence-electron chi connectivity index (χ3n) is 4.13. The number of hydrogen-bond acceptors (Lipinski definition) is 6. The van der Waals surface area contributed by atoms with Crippen LogP contribution < -0.4 is 4.72 Å². The van der Waals surface area contributed by atoms with E-state index in [-0.39, 0.29) is 17.8 Å². The van der Waals surface area contributed by atoms with Gasteiger partial charge in [0, 0.05) is 18.2 Å². The van der Waals surface area contributed by atoms with Crippen molar-refractivity contribution in [2.45, 2.75) is 31.8 Å². The maximum atomic E-state index is 11.9. The molecule has 1 aliphatic heterocycles. The molecule has 0 aliphatic carbocycles. The number of nitrogens with one attached hydrogen (secondary N) is 1. The largest absolute Gasteiger partial charge is 0.337 e. The van der Waals surface area contributed by atoms with E-state index in [9.17, 15) is 8.42 Å². The summed E-state index contributed by atoms with van der Waals surface area (Å²) in [4.78, 5) is 6.53. The van der Waals surface area contributed by atoms with Gasteiger partial charge in [0.05, 0.1) is 11.8 Å². The number of hydrogen-bond donors (Lipinski definition) is 1. The van der Waals surface area contributed by atoms with E-state index in [0.29, 0.717) is 31.1 Å². The van der Waals surface area contributed by atoms with Crippen molar-refractivity contribution in [3.63, 3.8) is 0 Å². The van der Waals surface area contributed by atoms with Gasteiger partial charge in [-0.15, -0.1) is 0 Å². The Kier molecular flexibility index (Phi) is 4.98. The second kappa shape index (κ2) is 7.00. The first-order valence-corrected chi connectivity index (χ1v) is 9.73. The first-order chi connectivity index (χ1) is 11.5. The van der Waals surface area contributed by atoms with E-state index >= 15 is 0 Å². The molecule has 0 saturated carbocycles. The third-order valence-corrected chi connectivity index (χ3v) is 5.76. The molecule has 3 rings (SSSR count). The Balaban J connectivity index is 1.71. The molecule has 0 spiro atoms. The lowest BCUT2D eigenvalue weighted by Crippen LogP contribution is -2.37. The zero-order chi connectivity index (χ0) is 17.2. The van der Waals surface area contributed by atoms with Crippen molar-refractivity contribution in [3.05, 3.63) is 36.2 Å². The minimum absolute atomic E-state index is 0.0794. The monoisotopic (exact) mass is 350 g/mol. The molecule has 24 heavy (non-hydrogen) atoms. The number of likely N-dealkylation sites (N-methyl/N-ethyl adjacent to an activating group) is 1. The number of benzene rings is 1. The van der Waals surface area contributed by atoms with Crippen LogP contribution in [0.4, 0.5) is 0 Å². The second-order valence-corrected chi connectivity index (χ2v) is 8.02. The molecular formula is C16H22N4O3S. The fraction of sp³-hybridized carbons (Fsp3) is 0.500. The van der Waals surface area contributed by atoms with Crippen molar-refractivity contribution in [2.75, 3.05) is 19.3 Å². The fourth-order valence-electron chi connectivity index (χ4n) is 3.03. The van der Waals surface area contributed by atoms with Gasteiger partial charge in [-0.05, 0) is 19.9 Å². The van der Waals surface area contributed by atoms with E-state index in [1.54, 1.807) is 0 Å². The van der Waals surface area contributed by atoms with Crippen LogP contribution in [0.15, 0.2) is 34.9 Å². The maximum absolute atomic E-state index is 11.9. The maximum Gasteiger partial charge on any atom is 0.244 e. The fourth-order valence-corrected chi connectivity index (χ4v) is 4.36. The Morgan fingerprint density at radius 3 is 2.79 bits per heavy atom. The first-order valence-electron chi connectivity index (χ1n) is 8.08. The average molecular weight is 350 g/mol. The van der Waals surface area contributed by atoms with Gasteiger partial charge in [-0.3, -0.25) is 4.90 Å². The molecule has 2 aromatic rings. The van der Waals surface area contributed by atoms with Gasteiger partial charge in [-0.2, -0.15) is 4.98 Å². The molecule has 1 aromatic carbocycles. The van der Waals surface area contributed by atoms with Crippen LogP contribution in [0.3, 0.4) is 0 Å². The van der Waals surface area contributed by atoms with Crippen molar-refractivity contribution < 1.29 is 12.9 Å². The van der Waals surface area contributed by atoms with Crippen molar-refractivity contribution in [2.24, 2.45) is 0 Å². The lowest BCUT2D eigenvalue weighted by atomic mass is 10.2. The zero-order valence-electron chi connectivity index (χ0n) is 13.8. The molecule has 0 amide bonds. The Morgan fingerprint density at radius 1 is 1.33 bits per heavy atom. The van der Waals surface area contributed by atoms with Gasteiger partial charge in [-0.1, -0.05) is 42.4 Å². The van der Waals surface area contributed by atoms with Crippen LogP contribution in [0.1, 0.15) is 31.7 Å². The van der Waals surface area contributed by atoms with Crippen LogP contribution in [0, 0.1) is 0 Å². The normalized spacial score (nSPS) is 22.1. The summed E-state index contributed by atoms with van der Waals surface area (Å²) in [6.07, 6.45) is 1.22. The molecule has 1 aromatic heterocycles. The van der Waals surface area contributed by atoms with Gasteiger partial charge in [-0.25, -0.2) is 13.1 Å². The zero-order valence-corrected chi connectivity index (χ0v) is 14.7. The summed E-state index contributed by atoms with van der Waals surface area (Å²) < 4.78 is 32.1. The third kappa shape index (κ3) is 3.82. The smallest absolute Gasteiger partial charge is 0.244 e. The number of aromatic nitrogens is 2. The number of nitrogens with zero attached hydrogens (tertiary/aromatic N) is 3. The number of sulfonamides is 1. The highest BCUT2D eigenvalue weighted by atomic mass is 32.2. The molecule has 0 bridgehead atoms. The molecule has 1 N–H and O–H groups in total. The van der Waals surface area contributed by atoms with Crippen molar-refractivity contribution in [1.82, 2.24) is 19.8 Å². The summed E-state index contributed by atoms with van der Waals surface area (Å²) in [5.74, 6) is 1.22. The predicted octanol–water partition coefficient (Wildman–Crippen LogP) is 1.81. The van der Waals surface area contributed by atoms with E-state index < -0.39 is 10.0 Å². The van der Waals surface area contributed by atoms with E-state index in [4.69, 9.17) is 4.52 Å². The minimum Gasteiger partial charge on any atom is -0.337 e. The summed E-state index contributed by atoms with van der Waals surface area (Å²) in [7, 11) is -1.29.